The van der Waals surface area contributed by atoms with Crippen LogP contribution in [0.5, 0.6) is 0 Å². The maximum Gasteiger partial charge on any atom is 0.226 e. The van der Waals surface area contributed by atoms with Crippen molar-refractivity contribution in [1.29, 1.82) is 0 Å². The molecule has 2 aromatic rings. The van der Waals surface area contributed by atoms with E-state index < -0.39 is 0 Å². The standard InChI is InChI=1S/C17H20N2O3/c1-13-5-7-15(8-6-13)18-17(21)9-10-19(14(2)20)12-16-4-3-11-22-16/h3-8,11H,9-10,12H2,1-2H3,(H,18,21). The third-order valence-corrected chi connectivity index (χ3v) is 3.32. The molecule has 0 spiro atoms. The fraction of sp³-hybridized carbons (Fsp3) is 0.294. The van der Waals surface area contributed by atoms with E-state index in [1.54, 1.807) is 17.2 Å². The second kappa shape index (κ2) is 7.45. The number of hydrogen-bond donors (Lipinski definition) is 1. The van der Waals surface area contributed by atoms with E-state index in [2.05, 4.69) is 5.32 Å². The van der Waals surface area contributed by atoms with Gasteiger partial charge in [0.1, 0.15) is 5.76 Å². The molecule has 0 atom stereocenters. The topological polar surface area (TPSA) is 62.6 Å². The number of hydrogen-bond acceptors (Lipinski definition) is 3. The number of nitrogens with zero attached hydrogens (tertiary/aromatic N) is 1. The molecule has 1 N–H and O–H groups in total. The van der Waals surface area contributed by atoms with Gasteiger partial charge in [0.15, 0.2) is 0 Å². The number of nitrogens with one attached hydrogen (secondary N) is 1. The lowest BCUT2D eigenvalue weighted by molar-refractivity contribution is -0.130. The summed E-state index contributed by atoms with van der Waals surface area (Å²) in [6.45, 7) is 4.21. The van der Waals surface area contributed by atoms with Crippen molar-refractivity contribution in [2.45, 2.75) is 26.8 Å². The van der Waals surface area contributed by atoms with Crippen molar-refractivity contribution in [2.75, 3.05) is 11.9 Å². The highest BCUT2D eigenvalue weighted by molar-refractivity contribution is 5.91. The Morgan fingerprint density at radius 1 is 1.18 bits per heavy atom. The number of amides is 2. The number of anilines is 1. The van der Waals surface area contributed by atoms with Crippen LogP contribution in [0, 0.1) is 6.92 Å². The molecule has 22 heavy (non-hydrogen) atoms. The highest BCUT2D eigenvalue weighted by Gasteiger charge is 2.13. The molecule has 0 aliphatic rings. The number of carbonyl (C=O) groups excluding carboxylic acids is 2. The highest BCUT2D eigenvalue weighted by atomic mass is 16.3. The van der Waals surface area contributed by atoms with Gasteiger partial charge in [-0.2, -0.15) is 0 Å². The van der Waals surface area contributed by atoms with Crippen molar-refractivity contribution in [3.63, 3.8) is 0 Å². The smallest absolute Gasteiger partial charge is 0.226 e. The lowest BCUT2D eigenvalue weighted by Crippen LogP contribution is -2.31. The largest absolute Gasteiger partial charge is 0.467 e. The summed E-state index contributed by atoms with van der Waals surface area (Å²) < 4.78 is 5.23. The first-order valence-corrected chi connectivity index (χ1v) is 7.19. The van der Waals surface area contributed by atoms with E-state index in [1.165, 1.54) is 6.92 Å². The van der Waals surface area contributed by atoms with Crippen LogP contribution >= 0.6 is 0 Å². The van der Waals surface area contributed by atoms with E-state index in [1.807, 2.05) is 37.3 Å². The fourth-order valence-corrected chi connectivity index (χ4v) is 2.04. The van der Waals surface area contributed by atoms with Gasteiger partial charge < -0.3 is 14.6 Å². The van der Waals surface area contributed by atoms with Crippen LogP contribution in [-0.2, 0) is 16.1 Å². The summed E-state index contributed by atoms with van der Waals surface area (Å²) in [7, 11) is 0. The molecule has 0 aliphatic heterocycles. The van der Waals surface area contributed by atoms with E-state index in [0.717, 1.165) is 11.3 Å². The number of aryl methyl sites for hydroxylation is 1. The van der Waals surface area contributed by atoms with E-state index in [-0.39, 0.29) is 18.2 Å². The average Bonchev–Trinajstić information content (AvgIpc) is 2.98. The summed E-state index contributed by atoms with van der Waals surface area (Å²) in [5, 5.41) is 2.82. The average molecular weight is 300 g/mol. The summed E-state index contributed by atoms with van der Waals surface area (Å²) in [4.78, 5) is 25.2. The van der Waals surface area contributed by atoms with Gasteiger partial charge in [0.05, 0.1) is 12.8 Å². The van der Waals surface area contributed by atoms with E-state index in [4.69, 9.17) is 4.42 Å². The zero-order valence-corrected chi connectivity index (χ0v) is 12.8. The van der Waals surface area contributed by atoms with Crippen LogP contribution in [0.15, 0.2) is 47.1 Å². The summed E-state index contributed by atoms with van der Waals surface area (Å²) in [5.74, 6) is 0.503. The first-order chi connectivity index (χ1) is 10.5. The SMILES string of the molecule is CC(=O)N(CCC(=O)Nc1ccc(C)cc1)Cc1ccco1. The minimum Gasteiger partial charge on any atom is -0.467 e. The van der Waals surface area contributed by atoms with Crippen molar-refractivity contribution in [2.24, 2.45) is 0 Å². The minimum absolute atomic E-state index is 0.0838. The Hall–Kier alpha value is -2.56. The Bertz CT molecular complexity index is 618. The fourth-order valence-electron chi connectivity index (χ4n) is 2.04. The Morgan fingerprint density at radius 3 is 2.50 bits per heavy atom. The second-order valence-corrected chi connectivity index (χ2v) is 5.18. The molecular weight excluding hydrogens is 280 g/mol. The maximum absolute atomic E-state index is 12.0. The van der Waals surface area contributed by atoms with Gasteiger partial charge in [-0.05, 0) is 31.2 Å². The molecule has 0 unspecified atom stereocenters. The van der Waals surface area contributed by atoms with Gasteiger partial charge in [0.2, 0.25) is 11.8 Å². The third-order valence-electron chi connectivity index (χ3n) is 3.32. The zero-order valence-electron chi connectivity index (χ0n) is 12.8. The van der Waals surface area contributed by atoms with Crippen molar-refractivity contribution < 1.29 is 14.0 Å². The van der Waals surface area contributed by atoms with Gasteiger partial charge in [0, 0.05) is 25.6 Å². The van der Waals surface area contributed by atoms with Crippen LogP contribution in [0.1, 0.15) is 24.7 Å². The second-order valence-electron chi connectivity index (χ2n) is 5.18. The number of benzene rings is 1. The van der Waals surface area contributed by atoms with Gasteiger partial charge in [-0.3, -0.25) is 9.59 Å². The van der Waals surface area contributed by atoms with E-state index in [9.17, 15) is 9.59 Å². The molecule has 5 nitrogen and oxygen atoms in total. The van der Waals surface area contributed by atoms with Crippen LogP contribution in [0.3, 0.4) is 0 Å². The van der Waals surface area contributed by atoms with Crippen molar-refractivity contribution in [1.82, 2.24) is 4.90 Å². The summed E-state index contributed by atoms with van der Waals surface area (Å²) >= 11 is 0. The molecule has 0 aliphatic carbocycles. The monoisotopic (exact) mass is 300 g/mol. The van der Waals surface area contributed by atoms with Crippen LogP contribution in [0.4, 0.5) is 5.69 Å². The van der Waals surface area contributed by atoms with Crippen molar-refractivity contribution in [3.8, 4) is 0 Å². The molecule has 0 bridgehead atoms. The Balaban J connectivity index is 1.84. The normalized spacial score (nSPS) is 10.3. The van der Waals surface area contributed by atoms with E-state index >= 15 is 0 Å². The molecule has 1 aromatic heterocycles. The molecule has 0 fully saturated rings. The Morgan fingerprint density at radius 2 is 1.91 bits per heavy atom. The van der Waals surface area contributed by atoms with Crippen molar-refractivity contribution in [3.05, 3.63) is 54.0 Å². The number of furan rings is 1. The van der Waals surface area contributed by atoms with Gasteiger partial charge >= 0.3 is 0 Å². The number of carbonyl (C=O) groups is 2. The van der Waals surface area contributed by atoms with Crippen LogP contribution in [-0.4, -0.2) is 23.3 Å². The molecule has 2 rings (SSSR count). The van der Waals surface area contributed by atoms with E-state index in [0.29, 0.717) is 18.8 Å². The Kier molecular flexibility index (Phi) is 5.36. The molecule has 0 saturated heterocycles. The molecule has 2 amide bonds. The third kappa shape index (κ3) is 4.77. The predicted molar refractivity (Wildman–Crippen MR) is 84.2 cm³/mol. The minimum atomic E-state index is -0.116. The summed E-state index contributed by atoms with van der Waals surface area (Å²) in [6, 6.07) is 11.2. The molecular formula is C17H20N2O3. The zero-order chi connectivity index (χ0) is 15.9. The van der Waals surface area contributed by atoms with Crippen LogP contribution in [0.25, 0.3) is 0 Å². The van der Waals surface area contributed by atoms with Gasteiger partial charge in [0.25, 0.3) is 0 Å². The summed E-state index contributed by atoms with van der Waals surface area (Å²) in [6.07, 6.45) is 1.81. The van der Waals surface area contributed by atoms with Crippen LogP contribution in [0.2, 0.25) is 0 Å². The van der Waals surface area contributed by atoms with Crippen LogP contribution < -0.4 is 5.32 Å². The Labute approximate surface area is 129 Å². The molecule has 0 radical (unpaired) electrons. The quantitative estimate of drug-likeness (QED) is 0.892. The first-order valence-electron chi connectivity index (χ1n) is 7.19. The number of rotatable bonds is 6. The molecule has 1 aromatic carbocycles. The molecule has 1 heterocycles. The van der Waals surface area contributed by atoms with Gasteiger partial charge in [-0.1, -0.05) is 17.7 Å². The molecule has 5 heteroatoms. The highest BCUT2D eigenvalue weighted by Crippen LogP contribution is 2.10. The molecule has 0 saturated carbocycles. The summed E-state index contributed by atoms with van der Waals surface area (Å²) in [5.41, 5.74) is 1.90. The molecule has 116 valence electrons. The first kappa shape index (κ1) is 15.8. The maximum atomic E-state index is 12.0. The van der Waals surface area contributed by atoms with Gasteiger partial charge in [-0.25, -0.2) is 0 Å². The van der Waals surface area contributed by atoms with Gasteiger partial charge in [-0.15, -0.1) is 0 Å². The van der Waals surface area contributed by atoms with Crippen molar-refractivity contribution >= 4 is 17.5 Å². The lowest BCUT2D eigenvalue weighted by Gasteiger charge is -2.19. The predicted octanol–water partition coefficient (Wildman–Crippen LogP) is 2.97. The lowest BCUT2D eigenvalue weighted by atomic mass is 10.2.